The molecule has 8 heteroatoms. The Balaban J connectivity index is 1.71. The summed E-state index contributed by atoms with van der Waals surface area (Å²) >= 11 is 1.50. The number of carbonyl (C=O) groups is 2. The number of thiazole rings is 1. The molecule has 7 nitrogen and oxygen atoms in total. The third kappa shape index (κ3) is 3.71. The molecule has 0 radical (unpaired) electrons. The lowest BCUT2D eigenvalue weighted by molar-refractivity contribution is -0.128. The molecule has 0 saturated carbocycles. The van der Waals surface area contributed by atoms with Crippen molar-refractivity contribution in [3.63, 3.8) is 0 Å². The molecule has 0 spiro atoms. The van der Waals surface area contributed by atoms with Gasteiger partial charge in [0.15, 0.2) is 6.10 Å². The number of amides is 2. The molecule has 29 heavy (non-hydrogen) atoms. The fourth-order valence-electron chi connectivity index (χ4n) is 3.14. The van der Waals surface area contributed by atoms with E-state index in [1.807, 2.05) is 48.7 Å². The van der Waals surface area contributed by atoms with Gasteiger partial charge in [-0.15, -0.1) is 11.3 Å². The molecule has 4 rings (SSSR count). The van der Waals surface area contributed by atoms with Crippen molar-refractivity contribution in [1.29, 1.82) is 0 Å². The molecule has 2 aromatic heterocycles. The minimum Gasteiger partial charge on any atom is -0.478 e. The van der Waals surface area contributed by atoms with E-state index in [1.54, 1.807) is 13.2 Å². The van der Waals surface area contributed by atoms with E-state index in [4.69, 9.17) is 4.74 Å². The molecule has 2 amide bonds. The lowest BCUT2D eigenvalue weighted by atomic mass is 10.1. The molecule has 1 unspecified atom stereocenters. The number of aromatic nitrogens is 2. The average molecular weight is 408 g/mol. The van der Waals surface area contributed by atoms with Gasteiger partial charge in [-0.2, -0.15) is 0 Å². The van der Waals surface area contributed by atoms with Crippen molar-refractivity contribution in [3.05, 3.63) is 48.0 Å². The highest BCUT2D eigenvalue weighted by Gasteiger charge is 2.34. The Morgan fingerprint density at radius 2 is 2.14 bits per heavy atom. The van der Waals surface area contributed by atoms with Gasteiger partial charge in [0, 0.05) is 24.2 Å². The van der Waals surface area contributed by atoms with Gasteiger partial charge in [0.05, 0.1) is 17.1 Å². The SMILES string of the molecule is CCC1Oc2ccc(-c3csc(-c4ccccn4)n3)cc2N(CC(=O)NC)C1=O. The predicted molar refractivity (Wildman–Crippen MR) is 112 cm³/mol. The number of nitrogens with one attached hydrogen (secondary N) is 1. The average Bonchev–Trinajstić information content (AvgIpc) is 3.26. The van der Waals surface area contributed by atoms with Crippen molar-refractivity contribution in [2.45, 2.75) is 19.4 Å². The second-order valence-corrected chi connectivity index (χ2v) is 7.41. The number of benzene rings is 1. The van der Waals surface area contributed by atoms with Crippen LogP contribution in [-0.2, 0) is 9.59 Å². The van der Waals surface area contributed by atoms with Crippen LogP contribution >= 0.6 is 11.3 Å². The standard InChI is InChI=1S/C21H20N4O3S/c1-3-17-21(27)25(11-19(26)22-2)16-10-13(7-8-18(16)28-17)15-12-29-20(24-15)14-6-4-5-9-23-14/h4-10,12,17H,3,11H2,1-2H3,(H,22,26). The van der Waals surface area contributed by atoms with Gasteiger partial charge in [0.1, 0.15) is 17.3 Å². The number of likely N-dealkylation sites (N-methyl/N-ethyl adjacent to an activating group) is 1. The lowest BCUT2D eigenvalue weighted by Crippen LogP contribution is -2.49. The summed E-state index contributed by atoms with van der Waals surface area (Å²) in [5.74, 6) is 0.134. The number of fused-ring (bicyclic) bond motifs is 1. The fraction of sp³-hybridized carbons (Fsp3) is 0.238. The Morgan fingerprint density at radius 1 is 1.28 bits per heavy atom. The van der Waals surface area contributed by atoms with Gasteiger partial charge in [-0.3, -0.25) is 19.5 Å². The van der Waals surface area contributed by atoms with Crippen molar-refractivity contribution in [2.24, 2.45) is 0 Å². The highest BCUT2D eigenvalue weighted by atomic mass is 32.1. The smallest absolute Gasteiger partial charge is 0.268 e. The quantitative estimate of drug-likeness (QED) is 0.701. The van der Waals surface area contributed by atoms with E-state index < -0.39 is 6.10 Å². The summed E-state index contributed by atoms with van der Waals surface area (Å²) < 4.78 is 5.85. The van der Waals surface area contributed by atoms with Crippen molar-refractivity contribution in [1.82, 2.24) is 15.3 Å². The zero-order valence-corrected chi connectivity index (χ0v) is 16.9. The van der Waals surface area contributed by atoms with Crippen LogP contribution in [0.2, 0.25) is 0 Å². The first-order valence-corrected chi connectivity index (χ1v) is 10.2. The summed E-state index contributed by atoms with van der Waals surface area (Å²) in [6.45, 7) is 1.83. The second-order valence-electron chi connectivity index (χ2n) is 6.55. The Kier molecular flexibility index (Phi) is 5.26. The maximum atomic E-state index is 12.8. The van der Waals surface area contributed by atoms with Gasteiger partial charge in [-0.1, -0.05) is 13.0 Å². The van der Waals surface area contributed by atoms with Gasteiger partial charge in [0.2, 0.25) is 5.91 Å². The zero-order chi connectivity index (χ0) is 20.4. The Hall–Kier alpha value is -3.26. The number of rotatable bonds is 5. The highest BCUT2D eigenvalue weighted by Crippen LogP contribution is 2.38. The molecule has 0 fully saturated rings. The van der Waals surface area contributed by atoms with E-state index in [0.29, 0.717) is 17.9 Å². The Bertz CT molecular complexity index is 1050. The summed E-state index contributed by atoms with van der Waals surface area (Å²) in [7, 11) is 1.55. The van der Waals surface area contributed by atoms with Crippen molar-refractivity contribution in [2.75, 3.05) is 18.5 Å². The molecule has 1 atom stereocenters. The molecular weight excluding hydrogens is 388 g/mol. The molecule has 0 saturated heterocycles. The summed E-state index contributed by atoms with van der Waals surface area (Å²) in [6, 6.07) is 11.3. The number of ether oxygens (including phenoxy) is 1. The van der Waals surface area contributed by atoms with Crippen molar-refractivity contribution < 1.29 is 14.3 Å². The van der Waals surface area contributed by atoms with E-state index in [0.717, 1.165) is 22.0 Å². The summed E-state index contributed by atoms with van der Waals surface area (Å²) in [6.07, 6.45) is 1.68. The molecule has 1 aliphatic rings. The van der Waals surface area contributed by atoms with Crippen LogP contribution in [0.15, 0.2) is 48.0 Å². The van der Waals surface area contributed by atoms with Crippen LogP contribution in [0, 0.1) is 0 Å². The summed E-state index contributed by atoms with van der Waals surface area (Å²) in [4.78, 5) is 35.3. The third-order valence-corrected chi connectivity index (χ3v) is 5.56. The number of pyridine rings is 1. The third-order valence-electron chi connectivity index (χ3n) is 4.70. The number of nitrogens with zero attached hydrogens (tertiary/aromatic N) is 3. The molecule has 1 N–H and O–H groups in total. The van der Waals surface area contributed by atoms with Gasteiger partial charge in [0.25, 0.3) is 5.91 Å². The Labute approximate surface area is 172 Å². The van der Waals surface area contributed by atoms with Crippen molar-refractivity contribution >= 4 is 28.8 Å². The van der Waals surface area contributed by atoms with Crippen LogP contribution in [0.5, 0.6) is 5.75 Å². The lowest BCUT2D eigenvalue weighted by Gasteiger charge is -2.33. The van der Waals surface area contributed by atoms with E-state index in [-0.39, 0.29) is 18.4 Å². The second kappa shape index (κ2) is 8.00. The first-order valence-electron chi connectivity index (χ1n) is 9.30. The monoisotopic (exact) mass is 408 g/mol. The molecule has 1 aromatic carbocycles. The number of hydrogen-bond donors (Lipinski definition) is 1. The van der Waals surface area contributed by atoms with Gasteiger partial charge < -0.3 is 10.1 Å². The maximum Gasteiger partial charge on any atom is 0.268 e. The van der Waals surface area contributed by atoms with E-state index >= 15 is 0 Å². The van der Waals surface area contributed by atoms with Crippen LogP contribution in [0.4, 0.5) is 5.69 Å². The molecule has 148 valence electrons. The summed E-state index contributed by atoms with van der Waals surface area (Å²) in [5, 5.41) is 5.35. The zero-order valence-electron chi connectivity index (χ0n) is 16.1. The number of hydrogen-bond acceptors (Lipinski definition) is 6. The van der Waals surface area contributed by atoms with Gasteiger partial charge in [-0.05, 0) is 36.8 Å². The van der Waals surface area contributed by atoms with Crippen LogP contribution in [0.25, 0.3) is 22.0 Å². The summed E-state index contributed by atoms with van der Waals surface area (Å²) in [5.41, 5.74) is 3.01. The van der Waals surface area contributed by atoms with Crippen molar-refractivity contribution in [3.8, 4) is 27.7 Å². The van der Waals surface area contributed by atoms with Crippen LogP contribution in [0.3, 0.4) is 0 Å². The van der Waals surface area contributed by atoms with E-state index in [1.165, 1.54) is 16.2 Å². The molecule has 0 aliphatic carbocycles. The minimum absolute atomic E-state index is 0.0537. The molecular formula is C21H20N4O3S. The van der Waals surface area contributed by atoms with Gasteiger partial charge in [-0.25, -0.2) is 4.98 Å². The number of anilines is 1. The predicted octanol–water partition coefficient (Wildman–Crippen LogP) is 3.12. The van der Waals surface area contributed by atoms with Gasteiger partial charge >= 0.3 is 0 Å². The minimum atomic E-state index is -0.590. The van der Waals surface area contributed by atoms with E-state index in [2.05, 4.69) is 15.3 Å². The van der Waals surface area contributed by atoms with E-state index in [9.17, 15) is 9.59 Å². The van der Waals surface area contributed by atoms with Crippen LogP contribution in [-0.4, -0.2) is 41.5 Å². The molecule has 3 aromatic rings. The first kappa shape index (κ1) is 19.1. The first-order chi connectivity index (χ1) is 14.1. The molecule has 3 heterocycles. The fourth-order valence-corrected chi connectivity index (χ4v) is 3.95. The highest BCUT2D eigenvalue weighted by molar-refractivity contribution is 7.13. The van der Waals surface area contributed by atoms with Crippen LogP contribution in [0.1, 0.15) is 13.3 Å². The largest absolute Gasteiger partial charge is 0.478 e. The normalized spacial score (nSPS) is 15.6. The number of carbonyl (C=O) groups excluding carboxylic acids is 2. The molecule has 0 bridgehead atoms. The Morgan fingerprint density at radius 3 is 2.86 bits per heavy atom. The molecule has 1 aliphatic heterocycles. The maximum absolute atomic E-state index is 12.8. The van der Waals surface area contributed by atoms with Crippen LogP contribution < -0.4 is 15.0 Å². The topological polar surface area (TPSA) is 84.4 Å².